The van der Waals surface area contributed by atoms with Gasteiger partial charge in [-0.3, -0.25) is 0 Å². The number of rotatable bonds is 8. The molecule has 300 valence electrons. The highest BCUT2D eigenvalue weighted by atomic mass is 16.3. The number of furan rings is 1. The van der Waals surface area contributed by atoms with E-state index in [9.17, 15) is 0 Å². The first-order valence-corrected chi connectivity index (χ1v) is 21.9. The smallest absolute Gasteiger partial charge is 0.143 e. The molecule has 0 saturated heterocycles. The normalized spacial score (nSPS) is 11.4. The average molecular weight is 816 g/mol. The largest absolute Gasteiger partial charge is 0.455 e. The second-order valence-electron chi connectivity index (χ2n) is 16.4. The Morgan fingerprint density at radius 2 is 0.578 bits per heavy atom. The molecule has 0 unspecified atom stereocenters. The van der Waals surface area contributed by atoms with Crippen LogP contribution in [0.5, 0.6) is 0 Å². The minimum Gasteiger partial charge on any atom is -0.455 e. The predicted octanol–water partition coefficient (Wildman–Crippen LogP) is 17.7. The van der Waals surface area contributed by atoms with Crippen molar-refractivity contribution >= 4 is 60.5 Å². The van der Waals surface area contributed by atoms with Crippen molar-refractivity contribution in [3.63, 3.8) is 0 Å². The monoisotopic (exact) mass is 815 g/mol. The average Bonchev–Trinajstić information content (AvgIpc) is 3.76. The lowest BCUT2D eigenvalue weighted by molar-refractivity contribution is 0.670. The minimum absolute atomic E-state index is 0.902. The Hall–Kier alpha value is -8.46. The van der Waals surface area contributed by atoms with Gasteiger partial charge in [-0.2, -0.15) is 0 Å². The van der Waals surface area contributed by atoms with Crippen molar-refractivity contribution in [1.29, 1.82) is 0 Å². The van der Waals surface area contributed by atoms with Gasteiger partial charge < -0.3 is 9.32 Å². The molecule has 12 rings (SSSR count). The molecule has 0 saturated carbocycles. The Morgan fingerprint density at radius 3 is 1.09 bits per heavy atom. The number of anilines is 3. The molecule has 0 radical (unpaired) electrons. The van der Waals surface area contributed by atoms with Crippen molar-refractivity contribution in [2.75, 3.05) is 4.90 Å². The molecular formula is C62H41NO. The highest BCUT2D eigenvalue weighted by Crippen LogP contribution is 2.43. The Labute approximate surface area is 372 Å². The summed E-state index contributed by atoms with van der Waals surface area (Å²) in [6.45, 7) is 0. The molecular weight excluding hydrogens is 775 g/mol. The molecule has 0 fully saturated rings. The predicted molar refractivity (Wildman–Crippen MR) is 271 cm³/mol. The Morgan fingerprint density at radius 1 is 0.234 bits per heavy atom. The van der Waals surface area contributed by atoms with Gasteiger partial charge in [-0.15, -0.1) is 0 Å². The number of hydrogen-bond acceptors (Lipinski definition) is 2. The third-order valence-electron chi connectivity index (χ3n) is 12.7. The summed E-state index contributed by atoms with van der Waals surface area (Å²) in [7, 11) is 0. The van der Waals surface area contributed by atoms with E-state index in [0.717, 1.165) is 50.1 Å². The van der Waals surface area contributed by atoms with Crippen LogP contribution in [0.3, 0.4) is 0 Å². The van der Waals surface area contributed by atoms with Crippen molar-refractivity contribution in [1.82, 2.24) is 0 Å². The van der Waals surface area contributed by atoms with Gasteiger partial charge in [0, 0.05) is 33.4 Å². The molecule has 1 heterocycles. The van der Waals surface area contributed by atoms with Crippen molar-refractivity contribution in [3.05, 3.63) is 249 Å². The van der Waals surface area contributed by atoms with Crippen molar-refractivity contribution in [3.8, 4) is 55.6 Å². The molecule has 0 aliphatic heterocycles. The Balaban J connectivity index is 0.949. The van der Waals surface area contributed by atoms with Crippen LogP contribution in [0, 0.1) is 0 Å². The van der Waals surface area contributed by atoms with Crippen LogP contribution in [-0.4, -0.2) is 0 Å². The SMILES string of the molecule is c1ccc(-c2cccc3ccccc23)c(-c2ccc(N(c3ccc(-c4ccccc4-c4cccc5ccccc45)cc3)c3ccc(-c4cccc5c4oc4ccccc45)cc3)cc2)c1. The number of fused-ring (bicyclic) bond motifs is 5. The highest BCUT2D eigenvalue weighted by Gasteiger charge is 2.18. The number of benzene rings is 11. The van der Waals surface area contributed by atoms with Crippen molar-refractivity contribution in [2.24, 2.45) is 0 Å². The summed E-state index contributed by atoms with van der Waals surface area (Å²) >= 11 is 0. The van der Waals surface area contributed by atoms with Crippen LogP contribution in [0.2, 0.25) is 0 Å². The van der Waals surface area contributed by atoms with Gasteiger partial charge >= 0.3 is 0 Å². The summed E-state index contributed by atoms with van der Waals surface area (Å²) in [4.78, 5) is 2.35. The molecule has 1 aromatic heterocycles. The van der Waals surface area contributed by atoms with Gasteiger partial charge in [0.2, 0.25) is 0 Å². The van der Waals surface area contributed by atoms with Gasteiger partial charge in [0.25, 0.3) is 0 Å². The van der Waals surface area contributed by atoms with E-state index in [-0.39, 0.29) is 0 Å². The second-order valence-corrected chi connectivity index (χ2v) is 16.4. The van der Waals surface area contributed by atoms with Crippen LogP contribution < -0.4 is 4.90 Å². The molecule has 2 heteroatoms. The quantitative estimate of drug-likeness (QED) is 0.152. The zero-order valence-electron chi connectivity index (χ0n) is 35.0. The fraction of sp³-hybridized carbons (Fsp3) is 0. The molecule has 0 atom stereocenters. The molecule has 2 nitrogen and oxygen atoms in total. The molecule has 64 heavy (non-hydrogen) atoms. The van der Waals surface area contributed by atoms with E-state index in [1.165, 1.54) is 66.1 Å². The van der Waals surface area contributed by atoms with Crippen LogP contribution in [-0.2, 0) is 0 Å². The zero-order chi connectivity index (χ0) is 42.4. The van der Waals surface area contributed by atoms with Gasteiger partial charge in [-0.1, -0.05) is 206 Å². The molecule has 11 aromatic carbocycles. The van der Waals surface area contributed by atoms with Crippen LogP contribution in [0.25, 0.3) is 99.1 Å². The first kappa shape index (κ1) is 37.3. The lowest BCUT2D eigenvalue weighted by Crippen LogP contribution is -2.09. The maximum Gasteiger partial charge on any atom is 0.143 e. The maximum absolute atomic E-state index is 6.45. The van der Waals surface area contributed by atoms with Crippen LogP contribution in [0.1, 0.15) is 0 Å². The summed E-state index contributed by atoms with van der Waals surface area (Å²) in [5, 5.41) is 7.25. The summed E-state index contributed by atoms with van der Waals surface area (Å²) in [6.07, 6.45) is 0. The molecule has 0 amide bonds. The zero-order valence-corrected chi connectivity index (χ0v) is 35.0. The fourth-order valence-electron chi connectivity index (χ4n) is 9.65. The first-order chi connectivity index (χ1) is 31.7. The fourth-order valence-corrected chi connectivity index (χ4v) is 9.65. The Kier molecular flexibility index (Phi) is 9.20. The number of hydrogen-bond donors (Lipinski definition) is 0. The van der Waals surface area contributed by atoms with E-state index in [1.807, 2.05) is 12.1 Å². The van der Waals surface area contributed by atoms with Gasteiger partial charge in [-0.05, 0) is 114 Å². The third kappa shape index (κ3) is 6.52. The van der Waals surface area contributed by atoms with Gasteiger partial charge in [0.1, 0.15) is 11.2 Å². The third-order valence-corrected chi connectivity index (χ3v) is 12.7. The second kappa shape index (κ2) is 15.8. The molecule has 0 aliphatic rings. The van der Waals surface area contributed by atoms with Gasteiger partial charge in [0.05, 0.1) is 0 Å². The topological polar surface area (TPSA) is 16.4 Å². The van der Waals surface area contributed by atoms with Crippen LogP contribution in [0.4, 0.5) is 17.1 Å². The van der Waals surface area contributed by atoms with Gasteiger partial charge in [-0.25, -0.2) is 0 Å². The minimum atomic E-state index is 0.902. The van der Waals surface area contributed by atoms with Gasteiger partial charge in [0.15, 0.2) is 0 Å². The van der Waals surface area contributed by atoms with E-state index in [0.29, 0.717) is 0 Å². The van der Waals surface area contributed by atoms with E-state index in [2.05, 4.69) is 241 Å². The van der Waals surface area contributed by atoms with Crippen LogP contribution in [0.15, 0.2) is 253 Å². The lowest BCUT2D eigenvalue weighted by Gasteiger charge is -2.26. The number of nitrogens with zero attached hydrogens (tertiary/aromatic N) is 1. The van der Waals surface area contributed by atoms with Crippen molar-refractivity contribution < 1.29 is 4.42 Å². The highest BCUT2D eigenvalue weighted by molar-refractivity contribution is 6.09. The standard InChI is InChI=1S/C62H41NO/c1-3-18-50-42(14-1)16-11-26-57(50)55-22-7-5-20-52(55)44-30-36-47(37-31-44)63(49-40-34-46(35-41-49)54-25-13-28-60-59-24-9-10-29-61(59)64-62(54)60)48-38-32-45(33-39-48)53-21-6-8-23-56(53)58-27-12-17-43-15-2-4-19-51(43)58/h1-41H. The van der Waals surface area contributed by atoms with E-state index >= 15 is 0 Å². The van der Waals surface area contributed by atoms with E-state index in [4.69, 9.17) is 4.42 Å². The summed E-state index contributed by atoms with van der Waals surface area (Å²) in [5.41, 5.74) is 16.9. The molecule has 12 aromatic rings. The molecule has 0 aliphatic carbocycles. The summed E-state index contributed by atoms with van der Waals surface area (Å²) in [5.74, 6) is 0. The van der Waals surface area contributed by atoms with Crippen LogP contribution >= 0.6 is 0 Å². The molecule has 0 bridgehead atoms. The summed E-state index contributed by atoms with van der Waals surface area (Å²) in [6, 6.07) is 89.6. The first-order valence-electron chi connectivity index (χ1n) is 21.9. The van der Waals surface area contributed by atoms with Crippen molar-refractivity contribution in [2.45, 2.75) is 0 Å². The van der Waals surface area contributed by atoms with E-state index < -0.39 is 0 Å². The lowest BCUT2D eigenvalue weighted by atomic mass is 9.91. The summed E-state index contributed by atoms with van der Waals surface area (Å²) < 4.78 is 6.45. The maximum atomic E-state index is 6.45. The number of para-hydroxylation sites is 2. The molecule has 0 N–H and O–H groups in total. The van der Waals surface area contributed by atoms with E-state index in [1.54, 1.807) is 0 Å². The molecule has 0 spiro atoms. The Bertz CT molecular complexity index is 3480.